The lowest BCUT2D eigenvalue weighted by atomic mass is 10.0. The van der Waals surface area contributed by atoms with Crippen molar-refractivity contribution >= 4 is 6.09 Å². The van der Waals surface area contributed by atoms with Gasteiger partial charge in [-0.3, -0.25) is 0 Å². The second kappa shape index (κ2) is 5.75. The van der Waals surface area contributed by atoms with Crippen molar-refractivity contribution in [3.8, 4) is 0 Å². The lowest BCUT2D eigenvalue weighted by Crippen LogP contribution is -2.28. The Kier molecular flexibility index (Phi) is 4.62. The fourth-order valence-corrected chi connectivity index (χ4v) is 1.55. The third-order valence-electron chi connectivity index (χ3n) is 2.18. The van der Waals surface area contributed by atoms with Crippen LogP contribution in [0.3, 0.4) is 0 Å². The zero-order valence-corrected chi connectivity index (χ0v) is 9.58. The number of ether oxygens (including phenoxy) is 2. The first-order valence-electron chi connectivity index (χ1n) is 5.38. The molecule has 15 heavy (non-hydrogen) atoms. The summed E-state index contributed by atoms with van der Waals surface area (Å²) < 4.78 is 10.8. The molecule has 0 aromatic carbocycles. The van der Waals surface area contributed by atoms with Crippen LogP contribution in [0.25, 0.3) is 0 Å². The van der Waals surface area contributed by atoms with E-state index in [9.17, 15) is 4.79 Å². The van der Waals surface area contributed by atoms with Crippen molar-refractivity contribution in [3.63, 3.8) is 0 Å². The number of allylic oxidation sites excluding steroid dienone is 1. The molecule has 0 saturated heterocycles. The van der Waals surface area contributed by atoms with Crippen molar-refractivity contribution in [1.29, 1.82) is 0 Å². The van der Waals surface area contributed by atoms with Crippen LogP contribution in [0.15, 0.2) is 11.8 Å². The van der Waals surface area contributed by atoms with Crippen LogP contribution in [0, 0.1) is 0 Å². The monoisotopic (exact) mass is 213 g/mol. The number of nitrogens with one attached hydrogen (secondary N) is 1. The summed E-state index contributed by atoms with van der Waals surface area (Å²) >= 11 is 0. The highest BCUT2D eigenvalue weighted by Gasteiger charge is 2.22. The molecule has 0 spiro atoms. The number of hydrogen-bond acceptors (Lipinski definition) is 3. The van der Waals surface area contributed by atoms with Crippen molar-refractivity contribution in [2.75, 3.05) is 7.05 Å². The van der Waals surface area contributed by atoms with Gasteiger partial charge in [-0.1, -0.05) is 0 Å². The first-order chi connectivity index (χ1) is 7.13. The average molecular weight is 213 g/mol. The highest BCUT2D eigenvalue weighted by atomic mass is 16.6. The Morgan fingerprint density at radius 3 is 2.93 bits per heavy atom. The molecule has 1 unspecified atom stereocenters. The third kappa shape index (κ3) is 3.91. The highest BCUT2D eigenvalue weighted by Crippen LogP contribution is 2.23. The molecule has 0 radical (unpaired) electrons. The van der Waals surface area contributed by atoms with E-state index in [0.717, 1.165) is 19.3 Å². The molecule has 86 valence electrons. The molecule has 1 aliphatic carbocycles. The van der Waals surface area contributed by atoms with E-state index < -0.39 is 6.09 Å². The van der Waals surface area contributed by atoms with Crippen LogP contribution in [0.5, 0.6) is 0 Å². The topological polar surface area (TPSA) is 47.6 Å². The molecule has 4 heteroatoms. The van der Waals surface area contributed by atoms with Gasteiger partial charge in [0.1, 0.15) is 11.9 Å². The normalized spacial score (nSPS) is 21.1. The lowest BCUT2D eigenvalue weighted by Gasteiger charge is -2.25. The van der Waals surface area contributed by atoms with Gasteiger partial charge in [0, 0.05) is 7.05 Å². The number of alkyl carbamates (subject to hydrolysis) is 1. The number of hydrogen-bond donors (Lipinski definition) is 1. The third-order valence-corrected chi connectivity index (χ3v) is 2.18. The Labute approximate surface area is 90.6 Å². The predicted molar refractivity (Wildman–Crippen MR) is 57.5 cm³/mol. The molecule has 0 aromatic rings. The molecule has 0 bridgehead atoms. The average Bonchev–Trinajstić information content (AvgIpc) is 2.20. The van der Waals surface area contributed by atoms with E-state index in [0.29, 0.717) is 5.76 Å². The fourth-order valence-electron chi connectivity index (χ4n) is 1.55. The first-order valence-corrected chi connectivity index (χ1v) is 5.38. The largest absolute Gasteiger partial charge is 0.412 e. The van der Waals surface area contributed by atoms with Crippen LogP contribution in [0.1, 0.15) is 33.1 Å². The number of carbonyl (C=O) groups is 1. The quantitative estimate of drug-likeness (QED) is 0.781. The smallest absolute Gasteiger partial charge is 0.412 e. The van der Waals surface area contributed by atoms with Crippen LogP contribution in [-0.2, 0) is 9.47 Å². The van der Waals surface area contributed by atoms with E-state index >= 15 is 0 Å². The first kappa shape index (κ1) is 12.0. The summed E-state index contributed by atoms with van der Waals surface area (Å²) in [5.74, 6) is 0.648. The van der Waals surface area contributed by atoms with Gasteiger partial charge in [-0.05, 0) is 39.2 Å². The van der Waals surface area contributed by atoms with Crippen molar-refractivity contribution in [2.24, 2.45) is 0 Å². The maximum absolute atomic E-state index is 11.1. The van der Waals surface area contributed by atoms with Gasteiger partial charge in [0.05, 0.1) is 6.10 Å². The van der Waals surface area contributed by atoms with Gasteiger partial charge in [-0.25, -0.2) is 4.79 Å². The summed E-state index contributed by atoms with van der Waals surface area (Å²) in [6, 6.07) is 0. The Hall–Kier alpha value is -1.03. The van der Waals surface area contributed by atoms with E-state index in [4.69, 9.17) is 9.47 Å². The van der Waals surface area contributed by atoms with E-state index in [2.05, 4.69) is 5.32 Å². The molecule has 0 saturated carbocycles. The Morgan fingerprint density at radius 1 is 1.60 bits per heavy atom. The molecule has 1 amide bonds. The van der Waals surface area contributed by atoms with Crippen LogP contribution in [0.4, 0.5) is 4.79 Å². The number of carbonyl (C=O) groups excluding carboxylic acids is 1. The fraction of sp³-hybridized carbons (Fsp3) is 0.727. The summed E-state index contributed by atoms with van der Waals surface area (Å²) in [7, 11) is 1.55. The molecule has 0 aromatic heterocycles. The molecule has 4 nitrogen and oxygen atoms in total. The van der Waals surface area contributed by atoms with E-state index in [1.807, 2.05) is 19.9 Å². The molecular weight excluding hydrogens is 194 g/mol. The second-order valence-electron chi connectivity index (χ2n) is 3.85. The van der Waals surface area contributed by atoms with Gasteiger partial charge in [-0.15, -0.1) is 0 Å². The Bertz CT molecular complexity index is 248. The molecule has 1 rings (SSSR count). The molecule has 0 fully saturated rings. The maximum atomic E-state index is 11.1. The summed E-state index contributed by atoms with van der Waals surface area (Å²) in [6.45, 7) is 3.96. The van der Waals surface area contributed by atoms with Gasteiger partial charge in [-0.2, -0.15) is 0 Å². The van der Waals surface area contributed by atoms with Crippen LogP contribution in [-0.4, -0.2) is 25.3 Å². The molecule has 1 atom stereocenters. The molecular formula is C11H19NO3. The summed E-state index contributed by atoms with van der Waals surface area (Å²) in [4.78, 5) is 11.1. The Balaban J connectivity index is 2.57. The lowest BCUT2D eigenvalue weighted by molar-refractivity contribution is -0.00504. The second-order valence-corrected chi connectivity index (χ2v) is 3.85. The minimum Gasteiger partial charge on any atom is -0.412 e. The van der Waals surface area contributed by atoms with Gasteiger partial charge in [0.2, 0.25) is 0 Å². The van der Waals surface area contributed by atoms with Gasteiger partial charge in [0.15, 0.2) is 0 Å². The summed E-state index contributed by atoms with van der Waals surface area (Å²) in [5.41, 5.74) is 0. The number of rotatable bonds is 3. The van der Waals surface area contributed by atoms with E-state index in [1.165, 1.54) is 0 Å². The van der Waals surface area contributed by atoms with Crippen molar-refractivity contribution < 1.29 is 14.3 Å². The summed E-state index contributed by atoms with van der Waals surface area (Å²) in [6.07, 6.45) is 4.52. The van der Waals surface area contributed by atoms with Gasteiger partial charge < -0.3 is 14.8 Å². The van der Waals surface area contributed by atoms with Crippen LogP contribution in [0.2, 0.25) is 0 Å². The van der Waals surface area contributed by atoms with E-state index in [1.54, 1.807) is 7.05 Å². The van der Waals surface area contributed by atoms with Crippen LogP contribution >= 0.6 is 0 Å². The van der Waals surface area contributed by atoms with Crippen molar-refractivity contribution in [1.82, 2.24) is 5.32 Å². The van der Waals surface area contributed by atoms with Crippen molar-refractivity contribution in [3.05, 3.63) is 11.8 Å². The minimum atomic E-state index is -0.430. The standard InChI is InChI=1S/C11H19NO3/c1-8(2)14-9-6-4-5-7-10(9)15-11(13)12-3/h7-9H,4-6H2,1-3H3,(H,12,13). The zero-order chi connectivity index (χ0) is 11.3. The molecule has 1 aliphatic rings. The molecule has 0 aliphatic heterocycles. The minimum absolute atomic E-state index is 0.0731. The van der Waals surface area contributed by atoms with Crippen molar-refractivity contribution in [2.45, 2.75) is 45.3 Å². The van der Waals surface area contributed by atoms with E-state index in [-0.39, 0.29) is 12.2 Å². The molecule has 1 N–H and O–H groups in total. The number of amides is 1. The predicted octanol–water partition coefficient (Wildman–Crippen LogP) is 2.20. The maximum Gasteiger partial charge on any atom is 0.412 e. The highest BCUT2D eigenvalue weighted by molar-refractivity contribution is 5.68. The van der Waals surface area contributed by atoms with Gasteiger partial charge in [0.25, 0.3) is 0 Å². The Morgan fingerprint density at radius 2 is 2.33 bits per heavy atom. The molecule has 0 heterocycles. The summed E-state index contributed by atoms with van der Waals surface area (Å²) in [5, 5.41) is 2.43. The zero-order valence-electron chi connectivity index (χ0n) is 9.58. The SMILES string of the molecule is CNC(=O)OC1=CCCCC1OC(C)C. The van der Waals surface area contributed by atoms with Gasteiger partial charge >= 0.3 is 6.09 Å². The van der Waals surface area contributed by atoms with Crippen LogP contribution < -0.4 is 5.32 Å².